The van der Waals surface area contributed by atoms with Crippen molar-refractivity contribution in [3.8, 4) is 17.1 Å². The van der Waals surface area contributed by atoms with E-state index >= 15 is 0 Å². The zero-order valence-corrected chi connectivity index (χ0v) is 20.5. The number of nitrogens with one attached hydrogen (secondary N) is 1. The number of benzene rings is 2. The molecule has 1 aliphatic heterocycles. The lowest BCUT2D eigenvalue weighted by Crippen LogP contribution is -2.41. The predicted molar refractivity (Wildman–Crippen MR) is 140 cm³/mol. The molecule has 7 nitrogen and oxygen atoms in total. The third-order valence-corrected chi connectivity index (χ3v) is 6.71. The normalized spacial score (nSPS) is 16.2. The van der Waals surface area contributed by atoms with Crippen LogP contribution in [0.3, 0.4) is 0 Å². The highest BCUT2D eigenvalue weighted by atomic mass is 32.1. The second kappa shape index (κ2) is 10.3. The molecule has 4 aromatic rings. The molecule has 0 radical (unpaired) electrons. The summed E-state index contributed by atoms with van der Waals surface area (Å²) in [5.74, 6) is 0.765. The van der Waals surface area contributed by atoms with Gasteiger partial charge in [-0.15, -0.1) is 5.10 Å². The van der Waals surface area contributed by atoms with Crippen LogP contribution in [0.4, 0.5) is 5.69 Å². The molecular formula is C27H28N6OS. The Morgan fingerprint density at radius 2 is 1.80 bits per heavy atom. The Balaban J connectivity index is 1.39. The molecule has 1 amide bonds. The summed E-state index contributed by atoms with van der Waals surface area (Å²) in [5.41, 5.74) is 3.93. The van der Waals surface area contributed by atoms with Crippen molar-refractivity contribution in [3.05, 3.63) is 89.5 Å². The summed E-state index contributed by atoms with van der Waals surface area (Å²) < 4.78 is 4.49. The Morgan fingerprint density at radius 3 is 2.54 bits per heavy atom. The first-order valence-electron chi connectivity index (χ1n) is 11.8. The molecule has 35 heavy (non-hydrogen) atoms. The van der Waals surface area contributed by atoms with Gasteiger partial charge in [0.05, 0.1) is 12.6 Å². The SMILES string of the molecule is Cc1ccc(-n2c(-c3ccncc3)nn(CN3CCCC(C(=O)Nc4ccccc4)C3)c2=S)cc1. The van der Waals surface area contributed by atoms with Crippen molar-refractivity contribution in [3.63, 3.8) is 0 Å². The minimum Gasteiger partial charge on any atom is -0.326 e. The number of pyridine rings is 1. The van der Waals surface area contributed by atoms with Crippen molar-refractivity contribution < 1.29 is 4.79 Å². The van der Waals surface area contributed by atoms with Crippen LogP contribution >= 0.6 is 12.2 Å². The van der Waals surface area contributed by atoms with E-state index in [2.05, 4.69) is 46.4 Å². The third-order valence-electron chi connectivity index (χ3n) is 6.32. The second-order valence-corrected chi connectivity index (χ2v) is 9.29. The van der Waals surface area contributed by atoms with Crippen LogP contribution in [0.2, 0.25) is 0 Å². The smallest absolute Gasteiger partial charge is 0.228 e. The van der Waals surface area contributed by atoms with E-state index in [0.29, 0.717) is 18.0 Å². The van der Waals surface area contributed by atoms with Crippen LogP contribution < -0.4 is 5.32 Å². The zero-order chi connectivity index (χ0) is 24.2. The molecule has 1 saturated heterocycles. The monoisotopic (exact) mass is 484 g/mol. The molecule has 0 bridgehead atoms. The largest absolute Gasteiger partial charge is 0.326 e. The number of likely N-dealkylation sites (tertiary alicyclic amines) is 1. The van der Waals surface area contributed by atoms with Gasteiger partial charge >= 0.3 is 0 Å². The van der Waals surface area contributed by atoms with Crippen LogP contribution in [0.1, 0.15) is 18.4 Å². The van der Waals surface area contributed by atoms with Crippen LogP contribution in [0.5, 0.6) is 0 Å². The zero-order valence-electron chi connectivity index (χ0n) is 19.7. The molecule has 0 aliphatic carbocycles. The summed E-state index contributed by atoms with van der Waals surface area (Å²) in [6.45, 7) is 4.17. The van der Waals surface area contributed by atoms with Crippen LogP contribution in [-0.4, -0.2) is 43.2 Å². The van der Waals surface area contributed by atoms with E-state index in [1.165, 1.54) is 5.56 Å². The van der Waals surface area contributed by atoms with Gasteiger partial charge in [-0.05, 0) is 74.9 Å². The van der Waals surface area contributed by atoms with Gasteiger partial charge in [-0.1, -0.05) is 35.9 Å². The molecule has 2 aromatic heterocycles. The molecule has 8 heteroatoms. The number of piperidine rings is 1. The summed E-state index contributed by atoms with van der Waals surface area (Å²) in [5, 5.41) is 7.97. The molecule has 0 spiro atoms. The molecule has 1 fully saturated rings. The van der Waals surface area contributed by atoms with E-state index < -0.39 is 0 Å². The standard InChI is InChI=1S/C27H28N6OS/c1-20-9-11-24(12-10-20)33-25(21-13-15-28-16-14-21)30-32(27(33)35)19-31-17-5-6-22(18-31)26(34)29-23-7-3-2-4-8-23/h2-4,7-16,22H,5-6,17-19H2,1H3,(H,29,34). The first-order valence-corrected chi connectivity index (χ1v) is 12.2. The molecular weight excluding hydrogens is 456 g/mol. The van der Waals surface area contributed by atoms with Crippen LogP contribution in [0, 0.1) is 17.6 Å². The van der Waals surface area contributed by atoms with E-state index in [0.717, 1.165) is 42.1 Å². The van der Waals surface area contributed by atoms with Gasteiger partial charge in [0.1, 0.15) is 0 Å². The van der Waals surface area contributed by atoms with E-state index in [4.69, 9.17) is 17.3 Å². The fraction of sp³-hybridized carbons (Fsp3) is 0.259. The number of nitrogens with zero attached hydrogens (tertiary/aromatic N) is 5. The maximum Gasteiger partial charge on any atom is 0.228 e. The quantitative estimate of drug-likeness (QED) is 0.387. The lowest BCUT2D eigenvalue weighted by Gasteiger charge is -2.31. The molecule has 0 saturated carbocycles. The fourth-order valence-electron chi connectivity index (χ4n) is 4.47. The number of aromatic nitrogens is 4. The van der Waals surface area contributed by atoms with E-state index in [-0.39, 0.29) is 11.8 Å². The van der Waals surface area contributed by atoms with Gasteiger partial charge in [-0.2, -0.15) is 0 Å². The molecule has 5 rings (SSSR count). The van der Waals surface area contributed by atoms with Crippen LogP contribution in [0.15, 0.2) is 79.1 Å². The van der Waals surface area contributed by atoms with Gasteiger partial charge in [0.25, 0.3) is 0 Å². The lowest BCUT2D eigenvalue weighted by molar-refractivity contribution is -0.121. The number of hydrogen-bond donors (Lipinski definition) is 1. The number of hydrogen-bond acceptors (Lipinski definition) is 5. The number of anilines is 1. The average molecular weight is 485 g/mol. The number of carbonyl (C=O) groups excluding carboxylic acids is 1. The first-order chi connectivity index (χ1) is 17.1. The van der Waals surface area contributed by atoms with Gasteiger partial charge < -0.3 is 5.32 Å². The summed E-state index contributed by atoms with van der Waals surface area (Å²) in [6, 6.07) is 21.8. The van der Waals surface area contributed by atoms with Gasteiger partial charge in [0.15, 0.2) is 5.82 Å². The fourth-order valence-corrected chi connectivity index (χ4v) is 4.76. The van der Waals surface area contributed by atoms with Crippen molar-refractivity contribution in [2.45, 2.75) is 26.4 Å². The minimum atomic E-state index is -0.0722. The van der Waals surface area contributed by atoms with Crippen molar-refractivity contribution in [2.24, 2.45) is 5.92 Å². The minimum absolute atomic E-state index is 0.0622. The molecule has 1 unspecified atom stereocenters. The molecule has 1 N–H and O–H groups in total. The molecule has 1 aliphatic rings. The van der Waals surface area contributed by atoms with Gasteiger partial charge in [-0.3, -0.25) is 19.2 Å². The number of carbonyl (C=O) groups is 1. The number of rotatable bonds is 6. The maximum absolute atomic E-state index is 12.9. The highest BCUT2D eigenvalue weighted by Gasteiger charge is 2.27. The predicted octanol–water partition coefficient (Wildman–Crippen LogP) is 5.08. The Kier molecular flexibility index (Phi) is 6.83. The van der Waals surface area contributed by atoms with Crippen LogP contribution in [0.25, 0.3) is 17.1 Å². The van der Waals surface area contributed by atoms with E-state index in [1.54, 1.807) is 12.4 Å². The highest BCUT2D eigenvalue weighted by molar-refractivity contribution is 7.71. The van der Waals surface area contributed by atoms with Crippen molar-refractivity contribution in [2.75, 3.05) is 18.4 Å². The Hall–Kier alpha value is -3.62. The Bertz CT molecular complexity index is 1350. The Labute approximate surface area is 210 Å². The average Bonchev–Trinajstić information content (AvgIpc) is 3.21. The molecule has 178 valence electrons. The van der Waals surface area contributed by atoms with Gasteiger partial charge in [0.2, 0.25) is 10.7 Å². The summed E-state index contributed by atoms with van der Waals surface area (Å²) in [4.78, 5) is 19.3. The van der Waals surface area contributed by atoms with Crippen molar-refractivity contribution in [1.29, 1.82) is 0 Å². The molecule has 1 atom stereocenters. The number of para-hydroxylation sites is 1. The summed E-state index contributed by atoms with van der Waals surface area (Å²) in [6.07, 6.45) is 5.35. The van der Waals surface area contributed by atoms with Crippen molar-refractivity contribution >= 4 is 23.8 Å². The second-order valence-electron chi connectivity index (χ2n) is 8.93. The molecule has 3 heterocycles. The first kappa shape index (κ1) is 23.1. The maximum atomic E-state index is 12.9. The lowest BCUT2D eigenvalue weighted by atomic mass is 9.97. The third kappa shape index (κ3) is 5.23. The van der Waals surface area contributed by atoms with Gasteiger partial charge in [0, 0.05) is 35.9 Å². The molecule has 2 aromatic carbocycles. The Morgan fingerprint density at radius 1 is 1.06 bits per heavy atom. The topological polar surface area (TPSA) is 68.0 Å². The van der Waals surface area contributed by atoms with E-state index in [1.807, 2.05) is 51.7 Å². The number of amides is 1. The number of aryl methyl sites for hydroxylation is 1. The summed E-state index contributed by atoms with van der Waals surface area (Å²) >= 11 is 5.91. The van der Waals surface area contributed by atoms with Crippen LogP contribution in [-0.2, 0) is 11.5 Å². The highest BCUT2D eigenvalue weighted by Crippen LogP contribution is 2.24. The van der Waals surface area contributed by atoms with E-state index in [9.17, 15) is 4.79 Å². The summed E-state index contributed by atoms with van der Waals surface area (Å²) in [7, 11) is 0. The van der Waals surface area contributed by atoms with Gasteiger partial charge in [-0.25, -0.2) is 4.68 Å². The van der Waals surface area contributed by atoms with Crippen molar-refractivity contribution in [1.82, 2.24) is 24.2 Å².